The minimum atomic E-state index is -0.188. The molecular weight excluding hydrogens is 426 g/mol. The second-order valence-corrected chi connectivity index (χ2v) is 8.92. The van der Waals surface area contributed by atoms with Gasteiger partial charge in [0.25, 0.3) is 5.91 Å². The highest BCUT2D eigenvalue weighted by atomic mass is 32.1. The number of nitrogens with zero attached hydrogens (tertiary/aromatic N) is 1. The molecule has 0 fully saturated rings. The number of carbonyl (C=O) groups excluding carboxylic acids is 1. The van der Waals surface area contributed by atoms with Crippen LogP contribution in [0, 0.1) is 0 Å². The maximum Gasteiger partial charge on any atom is 0.264 e. The molecule has 3 N–H and O–H groups in total. The van der Waals surface area contributed by atoms with E-state index in [9.17, 15) is 4.79 Å². The number of rotatable bonds is 5. The van der Waals surface area contributed by atoms with E-state index >= 15 is 0 Å². The van der Waals surface area contributed by atoms with Crippen LogP contribution in [0.5, 0.6) is 0 Å². The lowest BCUT2D eigenvalue weighted by molar-refractivity contribution is 0.0945. The number of hydrogen-bond acceptors (Lipinski definition) is 4. The molecule has 0 saturated carbocycles. The zero-order valence-corrected chi connectivity index (χ0v) is 19.0. The molecule has 2 aromatic heterocycles. The van der Waals surface area contributed by atoms with Gasteiger partial charge in [-0.05, 0) is 29.7 Å². The fraction of sp³-hybridized carbons (Fsp3) is 0.0714. The topological polar surface area (TPSA) is 68.0 Å². The average Bonchev–Trinajstić information content (AvgIpc) is 3.21. The lowest BCUT2D eigenvalue weighted by atomic mass is 9.99. The number of hydrogen-bond donors (Lipinski definition) is 2. The number of nitrogen functional groups attached to an aromatic ring is 1. The first-order chi connectivity index (χ1) is 16.1. The van der Waals surface area contributed by atoms with Crippen LogP contribution in [0.2, 0.25) is 0 Å². The van der Waals surface area contributed by atoms with Crippen LogP contribution in [0.25, 0.3) is 32.6 Å². The molecule has 0 saturated heterocycles. The van der Waals surface area contributed by atoms with Crippen molar-refractivity contribution in [2.45, 2.75) is 13.0 Å². The minimum Gasteiger partial charge on any atom is -0.397 e. The number of fused-ring (bicyclic) bond motifs is 1. The summed E-state index contributed by atoms with van der Waals surface area (Å²) in [7, 11) is 0. The molecular formula is C28H23N3OS. The van der Waals surface area contributed by atoms with Crippen LogP contribution in [0.4, 0.5) is 5.69 Å². The molecule has 3 aromatic carbocycles. The lowest BCUT2D eigenvalue weighted by Gasteiger charge is -2.13. The van der Waals surface area contributed by atoms with Crippen LogP contribution in [-0.2, 0) is 0 Å². The van der Waals surface area contributed by atoms with Gasteiger partial charge in [-0.2, -0.15) is 0 Å². The van der Waals surface area contributed by atoms with E-state index in [1.54, 1.807) is 0 Å². The fourth-order valence-electron chi connectivity index (χ4n) is 3.98. The fourth-order valence-corrected chi connectivity index (χ4v) is 5.00. The lowest BCUT2D eigenvalue weighted by Crippen LogP contribution is -2.26. The van der Waals surface area contributed by atoms with Crippen LogP contribution < -0.4 is 11.1 Å². The smallest absolute Gasteiger partial charge is 0.264 e. The summed E-state index contributed by atoms with van der Waals surface area (Å²) >= 11 is 1.34. The highest BCUT2D eigenvalue weighted by Crippen LogP contribution is 2.41. The predicted octanol–water partition coefficient (Wildman–Crippen LogP) is 6.70. The second kappa shape index (κ2) is 8.88. The van der Waals surface area contributed by atoms with Crippen molar-refractivity contribution in [2.24, 2.45) is 0 Å². The molecule has 4 nitrogen and oxygen atoms in total. The number of aromatic nitrogens is 1. The Morgan fingerprint density at radius 2 is 1.45 bits per heavy atom. The summed E-state index contributed by atoms with van der Waals surface area (Å²) in [5, 5.41) is 3.91. The van der Waals surface area contributed by atoms with E-state index in [4.69, 9.17) is 10.7 Å². The quantitative estimate of drug-likeness (QED) is 0.314. The molecule has 0 aliphatic rings. The number of carbonyl (C=O) groups is 1. The molecule has 0 bridgehead atoms. The van der Waals surface area contributed by atoms with Crippen LogP contribution in [0.15, 0.2) is 97.1 Å². The first kappa shape index (κ1) is 20.9. The van der Waals surface area contributed by atoms with Crippen molar-refractivity contribution in [2.75, 3.05) is 5.73 Å². The van der Waals surface area contributed by atoms with E-state index in [1.807, 2.05) is 85.8 Å². The van der Waals surface area contributed by atoms with E-state index in [2.05, 4.69) is 23.5 Å². The standard InChI is InChI=1S/C28H23N3OS/c1-18(19-11-5-2-6-12-19)30-27(32)26-25(29)24-22(20-13-7-3-8-14-20)17-23(31-28(24)33-26)21-15-9-4-10-16-21/h2-18H,29H2,1H3,(H,30,32). The van der Waals surface area contributed by atoms with E-state index in [0.29, 0.717) is 10.6 Å². The molecule has 5 heteroatoms. The average molecular weight is 450 g/mol. The number of benzene rings is 3. The Bertz CT molecular complexity index is 1410. The number of pyridine rings is 1. The monoisotopic (exact) mass is 449 g/mol. The minimum absolute atomic E-state index is 0.134. The molecule has 1 amide bonds. The third kappa shape index (κ3) is 4.11. The van der Waals surface area contributed by atoms with Crippen molar-refractivity contribution < 1.29 is 4.79 Å². The van der Waals surface area contributed by atoms with Crippen molar-refractivity contribution in [3.05, 3.63) is 108 Å². The highest BCUT2D eigenvalue weighted by Gasteiger charge is 2.22. The van der Waals surface area contributed by atoms with Gasteiger partial charge >= 0.3 is 0 Å². The van der Waals surface area contributed by atoms with Gasteiger partial charge in [-0.25, -0.2) is 4.98 Å². The Kier molecular flexibility index (Phi) is 5.63. The number of amides is 1. The highest BCUT2D eigenvalue weighted by molar-refractivity contribution is 7.21. The van der Waals surface area contributed by atoms with Gasteiger partial charge in [0.15, 0.2) is 0 Å². The van der Waals surface area contributed by atoms with E-state index in [-0.39, 0.29) is 11.9 Å². The first-order valence-corrected chi connectivity index (χ1v) is 11.6. The predicted molar refractivity (Wildman–Crippen MR) is 137 cm³/mol. The number of thiophene rings is 1. The molecule has 1 atom stereocenters. The molecule has 0 spiro atoms. The van der Waals surface area contributed by atoms with Gasteiger partial charge in [-0.1, -0.05) is 91.0 Å². The van der Waals surface area contributed by atoms with Crippen molar-refractivity contribution >= 4 is 33.1 Å². The Balaban J connectivity index is 1.62. The van der Waals surface area contributed by atoms with E-state index in [0.717, 1.165) is 38.2 Å². The van der Waals surface area contributed by atoms with Crippen LogP contribution in [-0.4, -0.2) is 10.9 Å². The summed E-state index contributed by atoms with van der Waals surface area (Å²) < 4.78 is 0. The molecule has 0 aliphatic heterocycles. The Labute approximate surface area is 196 Å². The SMILES string of the molecule is CC(NC(=O)c1sc2nc(-c3ccccc3)cc(-c3ccccc3)c2c1N)c1ccccc1. The van der Waals surface area contributed by atoms with Gasteiger partial charge in [-0.15, -0.1) is 11.3 Å². The zero-order chi connectivity index (χ0) is 22.8. The van der Waals surface area contributed by atoms with Crippen molar-refractivity contribution in [1.82, 2.24) is 10.3 Å². The van der Waals surface area contributed by atoms with Gasteiger partial charge in [0.2, 0.25) is 0 Å². The maximum atomic E-state index is 13.2. The van der Waals surface area contributed by atoms with Gasteiger partial charge in [0, 0.05) is 10.9 Å². The van der Waals surface area contributed by atoms with Crippen molar-refractivity contribution in [3.8, 4) is 22.4 Å². The summed E-state index contributed by atoms with van der Waals surface area (Å²) in [6.07, 6.45) is 0. The van der Waals surface area contributed by atoms with Gasteiger partial charge in [0.1, 0.15) is 9.71 Å². The van der Waals surface area contributed by atoms with Crippen molar-refractivity contribution in [1.29, 1.82) is 0 Å². The van der Waals surface area contributed by atoms with Gasteiger partial charge in [0.05, 0.1) is 17.4 Å². The maximum absolute atomic E-state index is 13.2. The van der Waals surface area contributed by atoms with Gasteiger partial charge in [-0.3, -0.25) is 4.79 Å². The number of nitrogens with one attached hydrogen (secondary N) is 1. The van der Waals surface area contributed by atoms with Crippen LogP contribution >= 0.6 is 11.3 Å². The second-order valence-electron chi connectivity index (χ2n) is 7.92. The molecule has 0 aliphatic carbocycles. The van der Waals surface area contributed by atoms with Crippen molar-refractivity contribution in [3.63, 3.8) is 0 Å². The Hall–Kier alpha value is -3.96. The number of anilines is 1. The summed E-state index contributed by atoms with van der Waals surface area (Å²) in [5.41, 5.74) is 12.0. The molecule has 33 heavy (non-hydrogen) atoms. The molecule has 5 rings (SSSR count). The molecule has 5 aromatic rings. The molecule has 162 valence electrons. The van der Waals surface area contributed by atoms with Crippen LogP contribution in [0.3, 0.4) is 0 Å². The molecule has 1 unspecified atom stereocenters. The zero-order valence-electron chi connectivity index (χ0n) is 18.2. The van der Waals surface area contributed by atoms with E-state index < -0.39 is 0 Å². The summed E-state index contributed by atoms with van der Waals surface area (Å²) in [5.74, 6) is -0.188. The number of nitrogens with two attached hydrogens (primary N) is 1. The summed E-state index contributed by atoms with van der Waals surface area (Å²) in [6.45, 7) is 1.97. The Morgan fingerprint density at radius 1 is 0.879 bits per heavy atom. The van der Waals surface area contributed by atoms with Crippen LogP contribution in [0.1, 0.15) is 28.2 Å². The largest absolute Gasteiger partial charge is 0.397 e. The summed E-state index contributed by atoms with van der Waals surface area (Å²) in [4.78, 5) is 19.3. The third-order valence-corrected chi connectivity index (χ3v) is 6.80. The molecule has 0 radical (unpaired) electrons. The third-order valence-electron chi connectivity index (χ3n) is 5.71. The molecule has 2 heterocycles. The van der Waals surface area contributed by atoms with E-state index in [1.165, 1.54) is 11.3 Å². The van der Waals surface area contributed by atoms with Gasteiger partial charge < -0.3 is 11.1 Å². The summed E-state index contributed by atoms with van der Waals surface area (Å²) in [6, 6.07) is 32.0. The normalized spacial score (nSPS) is 11.9. The first-order valence-electron chi connectivity index (χ1n) is 10.8. The Morgan fingerprint density at radius 3 is 2.09 bits per heavy atom.